The van der Waals surface area contributed by atoms with Gasteiger partial charge < -0.3 is 9.72 Å². The zero-order valence-corrected chi connectivity index (χ0v) is 16.9. The summed E-state index contributed by atoms with van der Waals surface area (Å²) < 4.78 is 1.86. The van der Waals surface area contributed by atoms with Gasteiger partial charge in [0.2, 0.25) is 5.91 Å². The number of rotatable bonds is 6. The minimum absolute atomic E-state index is 0.0538. The molecule has 0 radical (unpaired) electrons. The summed E-state index contributed by atoms with van der Waals surface area (Å²) >= 11 is 12.3. The highest BCUT2D eigenvalue weighted by Gasteiger charge is 2.27. The Hall–Kier alpha value is -1.30. The van der Waals surface area contributed by atoms with E-state index in [1.807, 2.05) is 10.6 Å². The summed E-state index contributed by atoms with van der Waals surface area (Å²) in [7, 11) is 0. The summed E-state index contributed by atoms with van der Waals surface area (Å²) in [6, 6.07) is 1.95. The normalized spacial score (nSPS) is 19.6. The summed E-state index contributed by atoms with van der Waals surface area (Å²) in [5.74, 6) is 0.235. The molecular formula is C19H26Cl2N4O. The van der Waals surface area contributed by atoms with E-state index in [9.17, 15) is 4.79 Å². The first kappa shape index (κ1) is 19.5. The Kier molecular flexibility index (Phi) is 6.43. The second-order valence-electron chi connectivity index (χ2n) is 7.24. The van der Waals surface area contributed by atoms with Gasteiger partial charge in [-0.3, -0.25) is 9.69 Å². The number of imidazole rings is 1. The Bertz CT molecular complexity index is 776. The first-order chi connectivity index (χ1) is 12.5. The fourth-order valence-corrected chi connectivity index (χ4v) is 4.19. The molecule has 1 N–H and O–H groups in total. The molecule has 5 nitrogen and oxygen atoms in total. The number of fused-ring (bicyclic) bond motifs is 1. The van der Waals surface area contributed by atoms with E-state index in [1.54, 1.807) is 12.3 Å². The van der Waals surface area contributed by atoms with Gasteiger partial charge in [-0.2, -0.15) is 0 Å². The van der Waals surface area contributed by atoms with Crippen molar-refractivity contribution in [1.29, 1.82) is 0 Å². The summed E-state index contributed by atoms with van der Waals surface area (Å²) in [6.07, 6.45) is 7.85. The van der Waals surface area contributed by atoms with E-state index in [0.29, 0.717) is 22.2 Å². The van der Waals surface area contributed by atoms with Crippen molar-refractivity contribution in [3.8, 4) is 0 Å². The molecule has 1 saturated heterocycles. The Morgan fingerprint density at radius 3 is 3.00 bits per heavy atom. The number of likely N-dealkylation sites (tertiary alicyclic amines) is 1. The lowest BCUT2D eigenvalue weighted by molar-refractivity contribution is -0.127. The van der Waals surface area contributed by atoms with Crippen LogP contribution in [-0.4, -0.2) is 39.3 Å². The first-order valence-corrected chi connectivity index (χ1v) is 10.1. The molecule has 2 unspecified atom stereocenters. The number of piperidine rings is 1. The molecule has 2 aromatic heterocycles. The second-order valence-corrected chi connectivity index (χ2v) is 8.09. The van der Waals surface area contributed by atoms with Crippen LogP contribution in [0, 0.1) is 5.92 Å². The fraction of sp³-hybridized carbons (Fsp3) is 0.579. The van der Waals surface area contributed by atoms with Gasteiger partial charge in [0.25, 0.3) is 0 Å². The van der Waals surface area contributed by atoms with Gasteiger partial charge in [-0.25, -0.2) is 4.98 Å². The number of carbonyl (C=O) groups is 1. The molecule has 26 heavy (non-hydrogen) atoms. The van der Waals surface area contributed by atoms with Gasteiger partial charge in [0.15, 0.2) is 5.65 Å². The molecule has 0 aromatic carbocycles. The van der Waals surface area contributed by atoms with Gasteiger partial charge in [-0.15, -0.1) is 0 Å². The zero-order chi connectivity index (χ0) is 18.7. The molecule has 1 amide bonds. The summed E-state index contributed by atoms with van der Waals surface area (Å²) in [5, 5.41) is 4.28. The number of hydrogen-bond donors (Lipinski definition) is 1. The van der Waals surface area contributed by atoms with Crippen LogP contribution in [0.4, 0.5) is 0 Å². The number of pyridine rings is 1. The third-order valence-electron chi connectivity index (χ3n) is 4.90. The van der Waals surface area contributed by atoms with Gasteiger partial charge in [0, 0.05) is 31.5 Å². The van der Waals surface area contributed by atoms with Crippen molar-refractivity contribution in [1.82, 2.24) is 19.6 Å². The van der Waals surface area contributed by atoms with Crippen molar-refractivity contribution >= 4 is 34.8 Å². The molecule has 7 heteroatoms. The Morgan fingerprint density at radius 2 is 2.23 bits per heavy atom. The van der Waals surface area contributed by atoms with Crippen molar-refractivity contribution in [2.75, 3.05) is 13.1 Å². The Labute approximate surface area is 164 Å². The predicted octanol–water partition coefficient (Wildman–Crippen LogP) is 4.16. The van der Waals surface area contributed by atoms with Crippen LogP contribution in [0.25, 0.3) is 5.65 Å². The van der Waals surface area contributed by atoms with Gasteiger partial charge in [-0.1, -0.05) is 36.5 Å². The number of amides is 1. The van der Waals surface area contributed by atoms with Crippen molar-refractivity contribution < 1.29 is 4.79 Å². The average Bonchev–Trinajstić information content (AvgIpc) is 2.98. The zero-order valence-electron chi connectivity index (χ0n) is 15.3. The molecule has 0 bridgehead atoms. The molecule has 1 aliphatic rings. The topological polar surface area (TPSA) is 49.6 Å². The summed E-state index contributed by atoms with van der Waals surface area (Å²) in [5.41, 5.74) is 1.65. The van der Waals surface area contributed by atoms with E-state index < -0.39 is 0 Å². The van der Waals surface area contributed by atoms with E-state index >= 15 is 0 Å². The van der Waals surface area contributed by atoms with Crippen LogP contribution in [0.2, 0.25) is 10.0 Å². The van der Waals surface area contributed by atoms with Crippen LogP contribution in [0.5, 0.6) is 0 Å². The van der Waals surface area contributed by atoms with E-state index in [1.165, 1.54) is 0 Å². The third kappa shape index (κ3) is 4.70. The van der Waals surface area contributed by atoms with Crippen molar-refractivity contribution in [3.05, 3.63) is 34.2 Å². The number of carbonyl (C=O) groups excluding carboxylic acids is 1. The molecule has 1 fully saturated rings. The van der Waals surface area contributed by atoms with Gasteiger partial charge in [-0.05, 0) is 38.8 Å². The maximum absolute atomic E-state index is 12.5. The minimum Gasteiger partial charge on any atom is -0.353 e. The number of nitrogens with one attached hydrogen (secondary N) is 1. The number of halogens is 2. The number of hydrogen-bond acceptors (Lipinski definition) is 3. The highest BCUT2D eigenvalue weighted by molar-refractivity contribution is 6.36. The van der Waals surface area contributed by atoms with E-state index in [0.717, 1.165) is 44.5 Å². The molecule has 0 spiro atoms. The predicted molar refractivity (Wildman–Crippen MR) is 106 cm³/mol. The minimum atomic E-state index is 0.0538. The maximum atomic E-state index is 12.5. The summed E-state index contributed by atoms with van der Waals surface area (Å²) in [4.78, 5) is 19.4. The van der Waals surface area contributed by atoms with E-state index in [4.69, 9.17) is 23.2 Å². The average molecular weight is 397 g/mol. The lowest BCUT2D eigenvalue weighted by atomic mass is 9.96. The highest BCUT2D eigenvalue weighted by Crippen LogP contribution is 2.23. The Balaban J connectivity index is 1.63. The lowest BCUT2D eigenvalue weighted by Gasteiger charge is -2.32. The molecule has 142 valence electrons. The van der Waals surface area contributed by atoms with Crippen LogP contribution < -0.4 is 5.32 Å². The van der Waals surface area contributed by atoms with Crippen LogP contribution in [0.15, 0.2) is 18.5 Å². The fourth-order valence-electron chi connectivity index (χ4n) is 3.66. The molecule has 2 aromatic rings. The van der Waals surface area contributed by atoms with Crippen LogP contribution in [0.3, 0.4) is 0 Å². The number of nitrogens with zero attached hydrogens (tertiary/aromatic N) is 3. The first-order valence-electron chi connectivity index (χ1n) is 9.31. The van der Waals surface area contributed by atoms with Crippen LogP contribution in [-0.2, 0) is 11.3 Å². The SMILES string of the molecule is CCCC(C)NC(=O)C1CCCN(Cc2cn3cc(Cl)cc(Cl)c3n2)C1. The van der Waals surface area contributed by atoms with Gasteiger partial charge >= 0.3 is 0 Å². The van der Waals surface area contributed by atoms with Crippen molar-refractivity contribution in [2.24, 2.45) is 5.92 Å². The molecule has 3 rings (SSSR count). The third-order valence-corrected chi connectivity index (χ3v) is 5.38. The van der Waals surface area contributed by atoms with Gasteiger partial charge in [0.1, 0.15) is 0 Å². The monoisotopic (exact) mass is 396 g/mol. The van der Waals surface area contributed by atoms with E-state index in [-0.39, 0.29) is 17.9 Å². The summed E-state index contributed by atoms with van der Waals surface area (Å²) in [6.45, 7) is 6.68. The second kappa shape index (κ2) is 8.59. The highest BCUT2D eigenvalue weighted by atomic mass is 35.5. The molecule has 0 saturated carbocycles. The van der Waals surface area contributed by atoms with Crippen molar-refractivity contribution in [2.45, 2.75) is 52.1 Å². The van der Waals surface area contributed by atoms with Crippen LogP contribution in [0.1, 0.15) is 45.2 Å². The molecule has 3 heterocycles. The van der Waals surface area contributed by atoms with E-state index in [2.05, 4.69) is 29.0 Å². The largest absolute Gasteiger partial charge is 0.353 e. The quantitative estimate of drug-likeness (QED) is 0.797. The molecule has 1 aliphatic heterocycles. The Morgan fingerprint density at radius 1 is 1.42 bits per heavy atom. The maximum Gasteiger partial charge on any atom is 0.224 e. The number of aromatic nitrogens is 2. The lowest BCUT2D eigenvalue weighted by Crippen LogP contribution is -2.45. The smallest absolute Gasteiger partial charge is 0.224 e. The molecule has 0 aliphatic carbocycles. The van der Waals surface area contributed by atoms with Crippen molar-refractivity contribution in [3.63, 3.8) is 0 Å². The van der Waals surface area contributed by atoms with Crippen LogP contribution >= 0.6 is 23.2 Å². The standard InChI is InChI=1S/C19H26Cl2N4O/c1-3-5-13(2)22-19(26)14-6-4-7-24(9-14)11-16-12-25-10-15(20)8-17(21)18(25)23-16/h8,10,12-14H,3-7,9,11H2,1-2H3,(H,22,26). The molecule has 2 atom stereocenters. The van der Waals surface area contributed by atoms with Gasteiger partial charge in [0.05, 0.1) is 21.7 Å². The molecular weight excluding hydrogens is 371 g/mol.